The molecule has 1 aliphatic carbocycles. The SMILES string of the molecule is COC1=C(c2ccccc2C)C(=O)NC12CCCCC2. The van der Waals surface area contributed by atoms with Gasteiger partial charge in [0.15, 0.2) is 0 Å². The molecule has 0 radical (unpaired) electrons. The van der Waals surface area contributed by atoms with Crippen LogP contribution in [0, 0.1) is 6.92 Å². The molecular formula is C17H21NO2. The summed E-state index contributed by atoms with van der Waals surface area (Å²) >= 11 is 0. The van der Waals surface area contributed by atoms with Crippen LogP contribution in [0.2, 0.25) is 0 Å². The monoisotopic (exact) mass is 271 g/mol. The van der Waals surface area contributed by atoms with E-state index < -0.39 is 0 Å². The second-order valence-corrected chi connectivity index (χ2v) is 5.82. The average Bonchev–Trinajstić information content (AvgIpc) is 2.71. The van der Waals surface area contributed by atoms with Gasteiger partial charge in [0.2, 0.25) is 0 Å². The molecule has 1 aromatic rings. The fourth-order valence-electron chi connectivity index (χ4n) is 3.58. The first-order valence-electron chi connectivity index (χ1n) is 7.35. The molecule has 0 aromatic heterocycles. The maximum Gasteiger partial charge on any atom is 0.256 e. The van der Waals surface area contributed by atoms with Crippen LogP contribution in [0.4, 0.5) is 0 Å². The van der Waals surface area contributed by atoms with Crippen molar-refractivity contribution in [3.63, 3.8) is 0 Å². The molecule has 3 rings (SSSR count). The van der Waals surface area contributed by atoms with Gasteiger partial charge in [0.25, 0.3) is 5.91 Å². The number of amides is 1. The van der Waals surface area contributed by atoms with E-state index in [4.69, 9.17) is 4.74 Å². The number of methoxy groups -OCH3 is 1. The van der Waals surface area contributed by atoms with Gasteiger partial charge in [-0.05, 0) is 30.9 Å². The lowest BCUT2D eigenvalue weighted by Gasteiger charge is -2.34. The van der Waals surface area contributed by atoms with Gasteiger partial charge in [-0.2, -0.15) is 0 Å². The number of aryl methyl sites for hydroxylation is 1. The molecule has 1 saturated carbocycles. The standard InChI is InChI=1S/C17H21NO2/c1-12-8-4-5-9-13(12)14-15(20-2)17(18-16(14)19)10-6-3-7-11-17/h4-5,8-9H,3,6-7,10-11H2,1-2H3,(H,18,19). The summed E-state index contributed by atoms with van der Waals surface area (Å²) in [6, 6.07) is 8.01. The van der Waals surface area contributed by atoms with E-state index in [1.165, 1.54) is 6.42 Å². The molecule has 1 aromatic carbocycles. The van der Waals surface area contributed by atoms with E-state index in [9.17, 15) is 4.79 Å². The summed E-state index contributed by atoms with van der Waals surface area (Å²) in [5, 5.41) is 3.21. The summed E-state index contributed by atoms with van der Waals surface area (Å²) < 4.78 is 5.69. The third-order valence-electron chi connectivity index (χ3n) is 4.57. The highest BCUT2D eigenvalue weighted by molar-refractivity contribution is 6.23. The van der Waals surface area contributed by atoms with E-state index in [0.717, 1.165) is 48.1 Å². The Kier molecular flexibility index (Phi) is 3.28. The molecule has 106 valence electrons. The quantitative estimate of drug-likeness (QED) is 0.897. The zero-order valence-corrected chi connectivity index (χ0v) is 12.2. The summed E-state index contributed by atoms with van der Waals surface area (Å²) in [6.07, 6.45) is 5.51. The number of carbonyl (C=O) groups excluding carboxylic acids is 1. The lowest BCUT2D eigenvalue weighted by molar-refractivity contribution is -0.116. The van der Waals surface area contributed by atoms with Crippen molar-refractivity contribution in [1.82, 2.24) is 5.32 Å². The maximum absolute atomic E-state index is 12.5. The first kappa shape index (κ1) is 13.2. The second kappa shape index (κ2) is 4.97. The van der Waals surface area contributed by atoms with E-state index in [0.29, 0.717) is 0 Å². The van der Waals surface area contributed by atoms with Crippen LogP contribution in [0.3, 0.4) is 0 Å². The molecule has 1 heterocycles. The van der Waals surface area contributed by atoms with Gasteiger partial charge in [0, 0.05) is 0 Å². The average molecular weight is 271 g/mol. The van der Waals surface area contributed by atoms with Crippen molar-refractivity contribution in [2.24, 2.45) is 0 Å². The van der Waals surface area contributed by atoms with Gasteiger partial charge in [-0.1, -0.05) is 43.5 Å². The molecule has 20 heavy (non-hydrogen) atoms. The highest BCUT2D eigenvalue weighted by Gasteiger charge is 2.47. The Morgan fingerprint density at radius 3 is 2.50 bits per heavy atom. The van der Waals surface area contributed by atoms with Gasteiger partial charge in [-0.3, -0.25) is 4.79 Å². The van der Waals surface area contributed by atoms with Gasteiger partial charge >= 0.3 is 0 Å². The Hall–Kier alpha value is -1.77. The van der Waals surface area contributed by atoms with Crippen LogP contribution in [0.1, 0.15) is 43.2 Å². The summed E-state index contributed by atoms with van der Waals surface area (Å²) in [5.74, 6) is 0.856. The maximum atomic E-state index is 12.5. The predicted molar refractivity (Wildman–Crippen MR) is 79.1 cm³/mol. The highest BCUT2D eigenvalue weighted by Crippen LogP contribution is 2.43. The molecule has 3 nitrogen and oxygen atoms in total. The van der Waals surface area contributed by atoms with E-state index in [2.05, 4.69) is 5.32 Å². The molecular weight excluding hydrogens is 250 g/mol. The zero-order chi connectivity index (χ0) is 14.2. The molecule has 2 aliphatic rings. The third kappa shape index (κ3) is 1.92. The first-order chi connectivity index (χ1) is 9.68. The zero-order valence-electron chi connectivity index (χ0n) is 12.2. The molecule has 0 atom stereocenters. The molecule has 1 aliphatic heterocycles. The molecule has 1 spiro atoms. The highest BCUT2D eigenvalue weighted by atomic mass is 16.5. The fraction of sp³-hybridized carbons (Fsp3) is 0.471. The molecule has 0 unspecified atom stereocenters. The second-order valence-electron chi connectivity index (χ2n) is 5.82. The van der Waals surface area contributed by atoms with Crippen LogP contribution in [-0.2, 0) is 9.53 Å². The fourth-order valence-corrected chi connectivity index (χ4v) is 3.58. The number of ether oxygens (including phenoxy) is 1. The number of carbonyl (C=O) groups is 1. The van der Waals surface area contributed by atoms with Gasteiger partial charge in [0.1, 0.15) is 5.76 Å². The number of hydrogen-bond donors (Lipinski definition) is 1. The normalized spacial score (nSPS) is 21.2. The van der Waals surface area contributed by atoms with Crippen molar-refractivity contribution in [2.45, 2.75) is 44.6 Å². The van der Waals surface area contributed by atoms with Gasteiger partial charge < -0.3 is 10.1 Å². The Balaban J connectivity index is 2.13. The van der Waals surface area contributed by atoms with Crippen LogP contribution >= 0.6 is 0 Å². The minimum Gasteiger partial charge on any atom is -0.498 e. The molecule has 3 heteroatoms. The molecule has 1 fully saturated rings. The van der Waals surface area contributed by atoms with E-state index in [1.807, 2.05) is 31.2 Å². The van der Waals surface area contributed by atoms with Crippen LogP contribution in [0.15, 0.2) is 30.0 Å². The molecule has 0 saturated heterocycles. The van der Waals surface area contributed by atoms with Gasteiger partial charge in [-0.15, -0.1) is 0 Å². The van der Waals surface area contributed by atoms with Crippen LogP contribution in [-0.4, -0.2) is 18.6 Å². The van der Waals surface area contributed by atoms with E-state index in [1.54, 1.807) is 7.11 Å². The van der Waals surface area contributed by atoms with Crippen molar-refractivity contribution >= 4 is 11.5 Å². The number of benzene rings is 1. The lowest BCUT2D eigenvalue weighted by atomic mass is 9.80. The summed E-state index contributed by atoms with van der Waals surface area (Å²) in [7, 11) is 1.68. The Morgan fingerprint density at radius 1 is 1.15 bits per heavy atom. The minimum atomic E-state index is -0.262. The molecule has 0 bridgehead atoms. The van der Waals surface area contributed by atoms with E-state index in [-0.39, 0.29) is 11.4 Å². The van der Waals surface area contributed by atoms with Gasteiger partial charge in [0.05, 0.1) is 18.2 Å². The van der Waals surface area contributed by atoms with Gasteiger partial charge in [-0.25, -0.2) is 0 Å². The first-order valence-corrected chi connectivity index (χ1v) is 7.35. The molecule has 1 amide bonds. The van der Waals surface area contributed by atoms with Crippen LogP contribution in [0.25, 0.3) is 5.57 Å². The van der Waals surface area contributed by atoms with Crippen LogP contribution < -0.4 is 5.32 Å². The smallest absolute Gasteiger partial charge is 0.256 e. The Morgan fingerprint density at radius 2 is 1.85 bits per heavy atom. The van der Waals surface area contributed by atoms with Crippen molar-refractivity contribution in [3.8, 4) is 0 Å². The minimum absolute atomic E-state index is 0.0121. The Bertz CT molecular complexity index is 568. The lowest BCUT2D eigenvalue weighted by Crippen LogP contribution is -2.46. The van der Waals surface area contributed by atoms with E-state index >= 15 is 0 Å². The Labute approximate surface area is 120 Å². The largest absolute Gasteiger partial charge is 0.498 e. The number of nitrogens with one attached hydrogen (secondary N) is 1. The summed E-state index contributed by atoms with van der Waals surface area (Å²) in [4.78, 5) is 12.5. The van der Waals surface area contributed by atoms with Crippen molar-refractivity contribution < 1.29 is 9.53 Å². The third-order valence-corrected chi connectivity index (χ3v) is 4.57. The summed E-state index contributed by atoms with van der Waals surface area (Å²) in [5.41, 5.74) is 2.57. The van der Waals surface area contributed by atoms with Crippen molar-refractivity contribution in [3.05, 3.63) is 41.2 Å². The van der Waals surface area contributed by atoms with Crippen molar-refractivity contribution in [1.29, 1.82) is 0 Å². The number of hydrogen-bond acceptors (Lipinski definition) is 2. The topological polar surface area (TPSA) is 38.3 Å². The number of rotatable bonds is 2. The molecule has 1 N–H and O–H groups in total. The summed E-state index contributed by atoms with van der Waals surface area (Å²) in [6.45, 7) is 2.04. The van der Waals surface area contributed by atoms with Crippen LogP contribution in [0.5, 0.6) is 0 Å². The van der Waals surface area contributed by atoms with Crippen molar-refractivity contribution in [2.75, 3.05) is 7.11 Å². The predicted octanol–water partition coefficient (Wildman–Crippen LogP) is 3.19.